The van der Waals surface area contributed by atoms with Gasteiger partial charge in [-0.2, -0.15) is 0 Å². The van der Waals surface area contributed by atoms with E-state index in [0.29, 0.717) is 17.3 Å². The number of hydrogen-bond donors (Lipinski definition) is 1. The largest absolute Gasteiger partial charge is 0.388 e. The third kappa shape index (κ3) is 3.33. The summed E-state index contributed by atoms with van der Waals surface area (Å²) in [5.41, 5.74) is 3.08. The Balaban J connectivity index is 1.97. The molecular weight excluding hydrogens is 291 g/mol. The van der Waals surface area contributed by atoms with Gasteiger partial charge in [-0.1, -0.05) is 13.8 Å². The summed E-state index contributed by atoms with van der Waals surface area (Å²) in [7, 11) is 1.80. The highest BCUT2D eigenvalue weighted by molar-refractivity contribution is 5.75. The van der Waals surface area contributed by atoms with Gasteiger partial charge in [0.15, 0.2) is 5.65 Å². The van der Waals surface area contributed by atoms with Crippen molar-refractivity contribution in [1.29, 1.82) is 0 Å². The molecule has 3 aromatic rings. The van der Waals surface area contributed by atoms with E-state index in [9.17, 15) is 4.39 Å². The molecule has 0 saturated carbocycles. The van der Waals surface area contributed by atoms with Gasteiger partial charge in [0.2, 0.25) is 0 Å². The molecule has 0 fully saturated rings. The van der Waals surface area contributed by atoms with E-state index in [4.69, 9.17) is 0 Å². The van der Waals surface area contributed by atoms with E-state index in [-0.39, 0.29) is 5.82 Å². The van der Waals surface area contributed by atoms with Crippen LogP contribution >= 0.6 is 0 Å². The number of aryl methyl sites for hydroxylation is 1. The Kier molecular flexibility index (Phi) is 4.28. The predicted octanol–water partition coefficient (Wildman–Crippen LogP) is 4.19. The molecule has 0 aliphatic carbocycles. The van der Waals surface area contributed by atoms with Crippen LogP contribution in [0.4, 0.5) is 10.1 Å². The molecule has 120 valence electrons. The topological polar surface area (TPSA) is 42.7 Å². The van der Waals surface area contributed by atoms with Gasteiger partial charge in [0.1, 0.15) is 11.5 Å². The molecule has 5 heteroatoms. The number of fused-ring (bicyclic) bond motifs is 1. The minimum Gasteiger partial charge on any atom is -0.388 e. The molecule has 2 heterocycles. The van der Waals surface area contributed by atoms with Gasteiger partial charge in [-0.15, -0.1) is 5.10 Å². The molecule has 3 rings (SSSR count). The molecule has 1 N–H and O–H groups in total. The summed E-state index contributed by atoms with van der Waals surface area (Å²) in [6, 6.07) is 6.97. The Morgan fingerprint density at radius 2 is 2.09 bits per heavy atom. The van der Waals surface area contributed by atoms with Crippen LogP contribution in [0.15, 0.2) is 36.7 Å². The number of anilines is 1. The summed E-state index contributed by atoms with van der Waals surface area (Å²) in [5, 5.41) is 8.34. The average molecular weight is 312 g/mol. The summed E-state index contributed by atoms with van der Waals surface area (Å²) in [6.45, 7) is 4.42. The second-order valence-corrected chi connectivity index (χ2v) is 6.18. The van der Waals surface area contributed by atoms with Crippen molar-refractivity contribution in [1.82, 2.24) is 14.8 Å². The first-order valence-electron chi connectivity index (χ1n) is 7.89. The van der Waals surface area contributed by atoms with E-state index < -0.39 is 0 Å². The van der Waals surface area contributed by atoms with Crippen molar-refractivity contribution in [3.8, 4) is 5.69 Å². The fourth-order valence-corrected chi connectivity index (χ4v) is 2.52. The highest BCUT2D eigenvalue weighted by Gasteiger charge is 2.10. The van der Waals surface area contributed by atoms with Crippen molar-refractivity contribution in [3.05, 3.63) is 48.0 Å². The lowest BCUT2D eigenvalue weighted by atomic mass is 10.0. The van der Waals surface area contributed by atoms with E-state index >= 15 is 0 Å². The lowest BCUT2D eigenvalue weighted by Crippen LogP contribution is -2.00. The van der Waals surface area contributed by atoms with Crippen molar-refractivity contribution in [3.63, 3.8) is 0 Å². The third-order valence-electron chi connectivity index (χ3n) is 3.91. The van der Waals surface area contributed by atoms with Crippen LogP contribution in [0.3, 0.4) is 0 Å². The Bertz CT molecular complexity index is 823. The van der Waals surface area contributed by atoms with Crippen LogP contribution in [-0.2, 0) is 6.42 Å². The zero-order chi connectivity index (χ0) is 16.4. The molecule has 0 atom stereocenters. The molecule has 23 heavy (non-hydrogen) atoms. The number of hydrogen-bond acceptors (Lipinski definition) is 3. The second kappa shape index (κ2) is 6.36. The zero-order valence-electron chi connectivity index (χ0n) is 13.7. The molecule has 0 spiro atoms. The van der Waals surface area contributed by atoms with Crippen LogP contribution in [0.1, 0.15) is 25.8 Å². The van der Waals surface area contributed by atoms with Crippen LogP contribution in [0.2, 0.25) is 0 Å². The SMILES string of the molecule is CNc1ccc(F)c(-n2cc3cc(CCC(C)C)cnc3n2)c1. The van der Waals surface area contributed by atoms with E-state index in [0.717, 1.165) is 23.9 Å². The van der Waals surface area contributed by atoms with Gasteiger partial charge in [-0.05, 0) is 48.6 Å². The van der Waals surface area contributed by atoms with Gasteiger partial charge < -0.3 is 5.32 Å². The first-order valence-corrected chi connectivity index (χ1v) is 7.89. The van der Waals surface area contributed by atoms with Crippen molar-refractivity contribution < 1.29 is 4.39 Å². The van der Waals surface area contributed by atoms with Gasteiger partial charge in [0.05, 0.1) is 0 Å². The van der Waals surface area contributed by atoms with Gasteiger partial charge in [-0.3, -0.25) is 0 Å². The summed E-state index contributed by atoms with van der Waals surface area (Å²) in [6.07, 6.45) is 5.82. The highest BCUT2D eigenvalue weighted by Crippen LogP contribution is 2.21. The number of halogens is 1. The van der Waals surface area contributed by atoms with E-state index in [1.54, 1.807) is 23.9 Å². The summed E-state index contributed by atoms with van der Waals surface area (Å²) < 4.78 is 15.7. The number of aromatic nitrogens is 3. The molecule has 0 aliphatic rings. The van der Waals surface area contributed by atoms with E-state index in [1.165, 1.54) is 11.6 Å². The average Bonchev–Trinajstić information content (AvgIpc) is 2.96. The van der Waals surface area contributed by atoms with Gasteiger partial charge >= 0.3 is 0 Å². The fraction of sp³-hybridized carbons (Fsp3) is 0.333. The molecule has 0 radical (unpaired) electrons. The molecule has 2 aromatic heterocycles. The molecular formula is C18H21FN4. The maximum atomic E-state index is 14.1. The Morgan fingerprint density at radius 1 is 1.26 bits per heavy atom. The van der Waals surface area contributed by atoms with Crippen LogP contribution in [0, 0.1) is 11.7 Å². The van der Waals surface area contributed by atoms with E-state index in [1.807, 2.05) is 12.4 Å². The highest BCUT2D eigenvalue weighted by atomic mass is 19.1. The van der Waals surface area contributed by atoms with Crippen LogP contribution < -0.4 is 5.32 Å². The molecule has 0 bridgehead atoms. The molecule has 0 aliphatic heterocycles. The molecule has 4 nitrogen and oxygen atoms in total. The normalized spacial score (nSPS) is 11.3. The van der Waals surface area contributed by atoms with Crippen molar-refractivity contribution in [2.24, 2.45) is 5.92 Å². The lowest BCUT2D eigenvalue weighted by molar-refractivity contribution is 0.586. The Morgan fingerprint density at radius 3 is 2.83 bits per heavy atom. The zero-order valence-corrected chi connectivity index (χ0v) is 13.7. The van der Waals surface area contributed by atoms with Crippen molar-refractivity contribution >= 4 is 16.7 Å². The minimum absolute atomic E-state index is 0.308. The number of nitrogens with one attached hydrogen (secondary N) is 1. The van der Waals surface area contributed by atoms with Crippen molar-refractivity contribution in [2.45, 2.75) is 26.7 Å². The quantitative estimate of drug-likeness (QED) is 0.768. The van der Waals surface area contributed by atoms with Crippen LogP contribution in [0.25, 0.3) is 16.7 Å². The standard InChI is InChI=1S/C18H21FN4/c1-12(2)4-5-13-8-14-11-23(22-18(14)21-10-13)17-9-15(20-3)6-7-16(17)19/h6-12,20H,4-5H2,1-3H3. The summed E-state index contributed by atoms with van der Waals surface area (Å²) in [4.78, 5) is 4.41. The minimum atomic E-state index is -0.308. The molecule has 0 saturated heterocycles. The van der Waals surface area contributed by atoms with Crippen LogP contribution in [-0.4, -0.2) is 21.8 Å². The number of nitrogens with zero attached hydrogens (tertiary/aromatic N) is 3. The Labute approximate surface area is 135 Å². The molecule has 0 unspecified atom stereocenters. The summed E-state index contributed by atoms with van der Waals surface area (Å²) >= 11 is 0. The van der Waals surface area contributed by atoms with Crippen LogP contribution in [0.5, 0.6) is 0 Å². The fourth-order valence-electron chi connectivity index (χ4n) is 2.52. The molecule has 1 aromatic carbocycles. The predicted molar refractivity (Wildman–Crippen MR) is 91.5 cm³/mol. The third-order valence-corrected chi connectivity index (χ3v) is 3.91. The lowest BCUT2D eigenvalue weighted by Gasteiger charge is -2.05. The smallest absolute Gasteiger partial charge is 0.181 e. The van der Waals surface area contributed by atoms with Gasteiger partial charge in [-0.25, -0.2) is 14.1 Å². The van der Waals surface area contributed by atoms with E-state index in [2.05, 4.69) is 35.3 Å². The monoisotopic (exact) mass is 312 g/mol. The first kappa shape index (κ1) is 15.5. The maximum absolute atomic E-state index is 14.1. The molecule has 0 amide bonds. The number of benzene rings is 1. The number of rotatable bonds is 5. The number of pyridine rings is 1. The second-order valence-electron chi connectivity index (χ2n) is 6.18. The van der Waals surface area contributed by atoms with Crippen molar-refractivity contribution in [2.75, 3.05) is 12.4 Å². The first-order chi connectivity index (χ1) is 11.1. The van der Waals surface area contributed by atoms with Gasteiger partial charge in [0, 0.05) is 30.5 Å². The summed E-state index contributed by atoms with van der Waals surface area (Å²) in [5.74, 6) is 0.351. The maximum Gasteiger partial charge on any atom is 0.181 e. The van der Waals surface area contributed by atoms with Gasteiger partial charge in [0.25, 0.3) is 0 Å². The Hall–Kier alpha value is -2.43.